The van der Waals surface area contributed by atoms with Crippen molar-refractivity contribution < 1.29 is 14.5 Å². The second-order valence-electron chi connectivity index (χ2n) is 4.88. The molecule has 5 heteroatoms. The van der Waals surface area contributed by atoms with Crippen LogP contribution in [-0.2, 0) is 4.74 Å². The monoisotopic (exact) mass is 287 g/mol. The van der Waals surface area contributed by atoms with Crippen LogP contribution in [0, 0.1) is 28.4 Å². The van der Waals surface area contributed by atoms with Gasteiger partial charge in [0.15, 0.2) is 6.10 Å². The summed E-state index contributed by atoms with van der Waals surface area (Å²) >= 11 is 0. The summed E-state index contributed by atoms with van der Waals surface area (Å²) in [6.45, 7) is 7.85. The van der Waals surface area contributed by atoms with Crippen molar-refractivity contribution in [3.05, 3.63) is 52.1 Å². The Morgan fingerprint density at radius 2 is 2.00 bits per heavy atom. The lowest BCUT2D eigenvalue weighted by Crippen LogP contribution is -2.18. The van der Waals surface area contributed by atoms with Crippen LogP contribution in [0.1, 0.15) is 30.6 Å². The summed E-state index contributed by atoms with van der Waals surface area (Å²) in [5.41, 5.74) is 1.03. The average molecular weight is 287 g/mol. The zero-order chi connectivity index (χ0) is 16.0. The molecule has 0 saturated heterocycles. The minimum atomic E-state index is -0.692. The first-order valence-electron chi connectivity index (χ1n) is 6.44. The van der Waals surface area contributed by atoms with Crippen LogP contribution in [0.25, 0.3) is 0 Å². The predicted molar refractivity (Wildman–Crippen MR) is 79.7 cm³/mol. The van der Waals surface area contributed by atoms with Crippen LogP contribution in [0.3, 0.4) is 0 Å². The molecule has 0 aliphatic heterocycles. The summed E-state index contributed by atoms with van der Waals surface area (Å²) in [5.74, 6) is 2.05. The van der Waals surface area contributed by atoms with Crippen molar-refractivity contribution in [3.63, 3.8) is 0 Å². The first kappa shape index (κ1) is 16.4. The molecular weight excluding hydrogens is 270 g/mol. The van der Waals surface area contributed by atoms with Crippen molar-refractivity contribution in [2.45, 2.75) is 26.4 Å². The van der Waals surface area contributed by atoms with Crippen LogP contribution in [0.2, 0.25) is 0 Å². The second-order valence-corrected chi connectivity index (χ2v) is 4.88. The number of carbonyl (C=O) groups excluding carboxylic acids is 1. The Balaban J connectivity index is 2.72. The molecule has 0 fully saturated rings. The van der Waals surface area contributed by atoms with Gasteiger partial charge >= 0.3 is 5.97 Å². The molecule has 0 aromatic heterocycles. The van der Waals surface area contributed by atoms with Crippen molar-refractivity contribution in [2.75, 3.05) is 0 Å². The highest BCUT2D eigenvalue weighted by Gasteiger charge is 2.17. The van der Waals surface area contributed by atoms with E-state index in [1.165, 1.54) is 24.3 Å². The SMILES string of the molecule is C#CC(CC(=C)C(C)C)OC(=O)c1ccc([N+](=O)[O-])cc1. The standard InChI is InChI=1S/C16H17NO4/c1-5-15(10-12(4)11(2)3)21-16(18)13-6-8-14(9-7-13)17(19)20/h1,6-9,11,15H,4,10H2,2-3H3. The fourth-order valence-corrected chi connectivity index (χ4v) is 1.52. The highest BCUT2D eigenvalue weighted by Crippen LogP contribution is 2.17. The van der Waals surface area contributed by atoms with Crippen molar-refractivity contribution in [3.8, 4) is 12.3 Å². The van der Waals surface area contributed by atoms with E-state index in [-0.39, 0.29) is 17.2 Å². The maximum absolute atomic E-state index is 11.9. The van der Waals surface area contributed by atoms with Gasteiger partial charge in [0.05, 0.1) is 10.5 Å². The van der Waals surface area contributed by atoms with Crippen LogP contribution in [0.4, 0.5) is 5.69 Å². The van der Waals surface area contributed by atoms with Crippen LogP contribution in [0.15, 0.2) is 36.4 Å². The van der Waals surface area contributed by atoms with Crippen molar-refractivity contribution in [1.29, 1.82) is 0 Å². The fraction of sp³-hybridized carbons (Fsp3) is 0.312. The largest absolute Gasteiger partial charge is 0.445 e. The van der Waals surface area contributed by atoms with Gasteiger partial charge in [0.2, 0.25) is 0 Å². The number of non-ortho nitro benzene ring substituents is 1. The van der Waals surface area contributed by atoms with Crippen LogP contribution < -0.4 is 0 Å². The molecular formula is C16H17NO4. The molecule has 1 unspecified atom stereocenters. The molecule has 0 saturated carbocycles. The number of esters is 1. The summed E-state index contributed by atoms with van der Waals surface area (Å²) in [4.78, 5) is 21.9. The summed E-state index contributed by atoms with van der Waals surface area (Å²) < 4.78 is 5.20. The lowest BCUT2D eigenvalue weighted by atomic mass is 9.99. The Kier molecular flexibility index (Phi) is 5.67. The van der Waals surface area contributed by atoms with Crippen molar-refractivity contribution >= 4 is 11.7 Å². The summed E-state index contributed by atoms with van der Waals surface area (Å²) in [5, 5.41) is 10.5. The fourth-order valence-electron chi connectivity index (χ4n) is 1.52. The number of nitrogens with zero attached hydrogens (tertiary/aromatic N) is 1. The molecule has 0 aliphatic carbocycles. The third-order valence-corrected chi connectivity index (χ3v) is 3.01. The van der Waals surface area contributed by atoms with E-state index in [0.29, 0.717) is 6.42 Å². The lowest BCUT2D eigenvalue weighted by molar-refractivity contribution is -0.384. The van der Waals surface area contributed by atoms with Gasteiger partial charge in [-0.15, -0.1) is 6.42 Å². The van der Waals surface area contributed by atoms with E-state index in [4.69, 9.17) is 11.2 Å². The molecule has 0 aliphatic rings. The van der Waals surface area contributed by atoms with Gasteiger partial charge in [-0.25, -0.2) is 4.79 Å². The van der Waals surface area contributed by atoms with Gasteiger partial charge in [0, 0.05) is 18.6 Å². The minimum Gasteiger partial charge on any atom is -0.445 e. The number of rotatable bonds is 6. The number of nitro benzene ring substituents is 1. The summed E-state index contributed by atoms with van der Waals surface area (Å²) in [7, 11) is 0. The smallest absolute Gasteiger partial charge is 0.339 e. The molecule has 0 heterocycles. The third-order valence-electron chi connectivity index (χ3n) is 3.01. The molecule has 1 aromatic carbocycles. The first-order valence-corrected chi connectivity index (χ1v) is 6.44. The van der Waals surface area contributed by atoms with Crippen LogP contribution in [0.5, 0.6) is 0 Å². The normalized spacial score (nSPS) is 11.5. The van der Waals surface area contributed by atoms with E-state index >= 15 is 0 Å². The predicted octanol–water partition coefficient (Wildman–Crippen LogP) is 3.36. The first-order chi connectivity index (χ1) is 9.85. The Morgan fingerprint density at radius 1 is 1.43 bits per heavy atom. The van der Waals surface area contributed by atoms with Gasteiger partial charge in [0.1, 0.15) is 0 Å². The van der Waals surface area contributed by atoms with E-state index in [1.54, 1.807) is 0 Å². The number of ether oxygens (including phenoxy) is 1. The van der Waals surface area contributed by atoms with E-state index in [9.17, 15) is 14.9 Å². The van der Waals surface area contributed by atoms with Gasteiger partial charge in [-0.2, -0.15) is 0 Å². The van der Waals surface area contributed by atoms with E-state index in [1.807, 2.05) is 13.8 Å². The Morgan fingerprint density at radius 3 is 2.43 bits per heavy atom. The van der Waals surface area contributed by atoms with Crippen LogP contribution in [-0.4, -0.2) is 17.0 Å². The molecule has 5 nitrogen and oxygen atoms in total. The number of hydrogen-bond acceptors (Lipinski definition) is 4. The van der Waals surface area contributed by atoms with Crippen molar-refractivity contribution in [2.24, 2.45) is 5.92 Å². The molecule has 1 rings (SSSR count). The van der Waals surface area contributed by atoms with E-state index < -0.39 is 17.0 Å². The molecule has 0 radical (unpaired) electrons. The molecule has 1 aromatic rings. The number of nitro groups is 1. The maximum atomic E-state index is 11.9. The molecule has 1 atom stereocenters. The number of benzene rings is 1. The Hall–Kier alpha value is -2.61. The van der Waals surface area contributed by atoms with Crippen LogP contribution >= 0.6 is 0 Å². The van der Waals surface area contributed by atoms with E-state index in [0.717, 1.165) is 5.57 Å². The highest BCUT2D eigenvalue weighted by molar-refractivity contribution is 5.89. The van der Waals surface area contributed by atoms with E-state index in [2.05, 4.69) is 12.5 Å². The topological polar surface area (TPSA) is 69.4 Å². The number of hydrogen-bond donors (Lipinski definition) is 0. The lowest BCUT2D eigenvalue weighted by Gasteiger charge is -2.16. The number of terminal acetylenes is 1. The average Bonchev–Trinajstić information content (AvgIpc) is 2.46. The molecule has 110 valence electrons. The molecule has 0 amide bonds. The minimum absolute atomic E-state index is 0.0896. The molecule has 21 heavy (non-hydrogen) atoms. The van der Waals surface area contributed by atoms with Gasteiger partial charge in [-0.3, -0.25) is 10.1 Å². The van der Waals surface area contributed by atoms with Crippen molar-refractivity contribution in [1.82, 2.24) is 0 Å². The van der Waals surface area contributed by atoms with Gasteiger partial charge in [-0.05, 0) is 18.1 Å². The number of carbonyl (C=O) groups is 1. The molecule has 0 spiro atoms. The summed E-state index contributed by atoms with van der Waals surface area (Å²) in [6, 6.07) is 5.17. The second kappa shape index (κ2) is 7.25. The van der Waals surface area contributed by atoms with Gasteiger partial charge in [0.25, 0.3) is 5.69 Å². The zero-order valence-electron chi connectivity index (χ0n) is 12.0. The Labute approximate surface area is 123 Å². The maximum Gasteiger partial charge on any atom is 0.339 e. The highest BCUT2D eigenvalue weighted by atomic mass is 16.6. The zero-order valence-corrected chi connectivity index (χ0v) is 12.0. The Bertz CT molecular complexity index is 581. The van der Waals surface area contributed by atoms with Gasteiger partial charge < -0.3 is 4.74 Å². The molecule has 0 bridgehead atoms. The third kappa shape index (κ3) is 4.77. The summed E-state index contributed by atoms with van der Waals surface area (Å²) in [6.07, 6.45) is 5.06. The quantitative estimate of drug-likeness (QED) is 0.264. The van der Waals surface area contributed by atoms with Gasteiger partial charge in [-0.1, -0.05) is 31.9 Å². The molecule has 0 N–H and O–H groups in total.